The first-order chi connectivity index (χ1) is 7.00. The minimum atomic E-state index is -0.576. The van der Waals surface area contributed by atoms with Gasteiger partial charge in [0, 0.05) is 0 Å². The second kappa shape index (κ2) is 5.82. The molecule has 0 atom stereocenters. The molecule has 0 bridgehead atoms. The first-order valence-electron chi connectivity index (χ1n) is 5.27. The number of nitrogens with one attached hydrogen (secondary N) is 1. The van der Waals surface area contributed by atoms with Crippen LogP contribution in [-0.2, 0) is 14.3 Å². The molecule has 0 amide bonds. The van der Waals surface area contributed by atoms with Gasteiger partial charge in [0.05, 0.1) is 13.2 Å². The molecule has 1 heterocycles. The van der Waals surface area contributed by atoms with Crippen molar-refractivity contribution in [3.8, 4) is 0 Å². The monoisotopic (exact) mass is 280 g/mol. The van der Waals surface area contributed by atoms with Gasteiger partial charge in [0.1, 0.15) is 30.6 Å². The van der Waals surface area contributed by atoms with Gasteiger partial charge in [-0.15, -0.1) is 0 Å². The van der Waals surface area contributed by atoms with Crippen molar-refractivity contribution in [2.75, 3.05) is 39.5 Å². The number of hydrogen-bond donors (Lipinski definition) is 1. The van der Waals surface area contributed by atoms with Crippen LogP contribution in [-0.4, -0.2) is 49.7 Å². The Labute approximate surface area is 99.0 Å². The molecule has 0 radical (unpaired) electrons. The van der Waals surface area contributed by atoms with Crippen molar-refractivity contribution >= 4 is 21.9 Å². The van der Waals surface area contributed by atoms with Gasteiger partial charge in [-0.05, 0) is 13.8 Å². The molecular formula is C10H19BrNO3+. The average Bonchev–Trinajstić information content (AvgIpc) is 2.18. The van der Waals surface area contributed by atoms with E-state index in [9.17, 15) is 4.79 Å². The van der Waals surface area contributed by atoms with E-state index in [1.807, 2.05) is 0 Å². The molecule has 0 unspecified atom stereocenters. The van der Waals surface area contributed by atoms with Crippen molar-refractivity contribution in [2.45, 2.75) is 18.2 Å². The van der Waals surface area contributed by atoms with Crippen LogP contribution in [0.2, 0.25) is 0 Å². The summed E-state index contributed by atoms with van der Waals surface area (Å²) < 4.78 is 9.83. The molecule has 0 saturated carbocycles. The normalized spacial score (nSPS) is 18.9. The van der Waals surface area contributed by atoms with Gasteiger partial charge >= 0.3 is 5.97 Å². The van der Waals surface area contributed by atoms with Crippen LogP contribution in [0.15, 0.2) is 0 Å². The standard InChI is InChI=1S/C10H18BrNO3/c1-10(2,11)9(13)15-8-5-12-3-6-14-7-4-12/h3-8H2,1-2H3/p+1. The highest BCUT2D eigenvalue weighted by Crippen LogP contribution is 2.16. The minimum Gasteiger partial charge on any atom is -0.459 e. The van der Waals surface area contributed by atoms with Gasteiger partial charge in [-0.3, -0.25) is 4.79 Å². The predicted molar refractivity (Wildman–Crippen MR) is 60.3 cm³/mol. The zero-order valence-electron chi connectivity index (χ0n) is 9.35. The first-order valence-corrected chi connectivity index (χ1v) is 6.07. The van der Waals surface area contributed by atoms with Crippen molar-refractivity contribution < 1.29 is 19.2 Å². The van der Waals surface area contributed by atoms with Crippen molar-refractivity contribution in [1.82, 2.24) is 0 Å². The second-order valence-electron chi connectivity index (χ2n) is 4.22. The SMILES string of the molecule is CC(C)(Br)C(=O)OCC[NH+]1CCOCC1. The molecule has 0 spiro atoms. The van der Waals surface area contributed by atoms with Crippen molar-refractivity contribution in [3.05, 3.63) is 0 Å². The van der Waals surface area contributed by atoms with Crippen LogP contribution in [0.5, 0.6) is 0 Å². The molecular weight excluding hydrogens is 262 g/mol. The van der Waals surface area contributed by atoms with E-state index in [1.54, 1.807) is 13.8 Å². The van der Waals surface area contributed by atoms with Crippen LogP contribution in [0.4, 0.5) is 0 Å². The third-order valence-electron chi connectivity index (χ3n) is 2.37. The minimum absolute atomic E-state index is 0.199. The van der Waals surface area contributed by atoms with E-state index in [4.69, 9.17) is 9.47 Å². The molecule has 1 fully saturated rings. The number of carbonyl (C=O) groups is 1. The molecule has 4 nitrogen and oxygen atoms in total. The van der Waals surface area contributed by atoms with Gasteiger partial charge < -0.3 is 14.4 Å². The Bertz CT molecular complexity index is 209. The number of halogens is 1. The van der Waals surface area contributed by atoms with Gasteiger partial charge in [0.25, 0.3) is 0 Å². The maximum Gasteiger partial charge on any atom is 0.322 e. The number of alkyl halides is 1. The summed E-state index contributed by atoms with van der Waals surface area (Å²) in [4.78, 5) is 12.8. The van der Waals surface area contributed by atoms with Gasteiger partial charge in [0.15, 0.2) is 0 Å². The molecule has 1 N–H and O–H groups in total. The third-order valence-corrected chi connectivity index (χ3v) is 2.70. The fraction of sp³-hybridized carbons (Fsp3) is 0.900. The summed E-state index contributed by atoms with van der Waals surface area (Å²) in [7, 11) is 0. The number of rotatable bonds is 4. The summed E-state index contributed by atoms with van der Waals surface area (Å²) >= 11 is 3.27. The van der Waals surface area contributed by atoms with E-state index in [1.165, 1.54) is 4.90 Å². The Balaban J connectivity index is 2.12. The van der Waals surface area contributed by atoms with Crippen molar-refractivity contribution in [1.29, 1.82) is 0 Å². The van der Waals surface area contributed by atoms with Gasteiger partial charge in [-0.25, -0.2) is 0 Å². The zero-order valence-corrected chi connectivity index (χ0v) is 10.9. The second-order valence-corrected chi connectivity index (χ2v) is 6.20. The average molecular weight is 281 g/mol. The highest BCUT2D eigenvalue weighted by atomic mass is 79.9. The number of morpholine rings is 1. The van der Waals surface area contributed by atoms with E-state index >= 15 is 0 Å². The fourth-order valence-corrected chi connectivity index (χ4v) is 1.48. The summed E-state index contributed by atoms with van der Waals surface area (Å²) in [5, 5.41) is 0. The van der Waals surface area contributed by atoms with Crippen LogP contribution >= 0.6 is 15.9 Å². The topological polar surface area (TPSA) is 40.0 Å². The van der Waals surface area contributed by atoms with E-state index in [0.717, 1.165) is 32.8 Å². The molecule has 1 rings (SSSR count). The fourth-order valence-electron chi connectivity index (χ4n) is 1.37. The maximum atomic E-state index is 11.4. The van der Waals surface area contributed by atoms with Gasteiger partial charge in [-0.1, -0.05) is 15.9 Å². The van der Waals surface area contributed by atoms with E-state index in [0.29, 0.717) is 6.61 Å². The molecule has 0 aromatic heterocycles. The summed E-state index contributed by atoms with van der Waals surface area (Å²) in [5.74, 6) is -0.199. The van der Waals surface area contributed by atoms with E-state index in [-0.39, 0.29) is 5.97 Å². The molecule has 0 aliphatic carbocycles. The van der Waals surface area contributed by atoms with Gasteiger partial charge in [0.2, 0.25) is 0 Å². The molecule has 0 aromatic carbocycles. The van der Waals surface area contributed by atoms with Crippen LogP contribution in [0.1, 0.15) is 13.8 Å². The summed E-state index contributed by atoms with van der Waals surface area (Å²) in [6.45, 7) is 8.58. The summed E-state index contributed by atoms with van der Waals surface area (Å²) in [5.41, 5.74) is 0. The highest BCUT2D eigenvalue weighted by Gasteiger charge is 2.25. The molecule has 15 heavy (non-hydrogen) atoms. The van der Waals surface area contributed by atoms with Gasteiger partial charge in [-0.2, -0.15) is 0 Å². The quantitative estimate of drug-likeness (QED) is 0.564. The smallest absolute Gasteiger partial charge is 0.322 e. The lowest BCUT2D eigenvalue weighted by molar-refractivity contribution is -0.908. The van der Waals surface area contributed by atoms with Crippen LogP contribution < -0.4 is 4.90 Å². The first kappa shape index (κ1) is 12.9. The highest BCUT2D eigenvalue weighted by molar-refractivity contribution is 9.10. The van der Waals surface area contributed by atoms with E-state index in [2.05, 4.69) is 15.9 Å². The Morgan fingerprint density at radius 1 is 1.47 bits per heavy atom. The lowest BCUT2D eigenvalue weighted by Gasteiger charge is -2.24. The Morgan fingerprint density at radius 3 is 2.60 bits per heavy atom. The molecule has 88 valence electrons. The van der Waals surface area contributed by atoms with Crippen LogP contribution in [0.3, 0.4) is 0 Å². The maximum absolute atomic E-state index is 11.4. The summed E-state index contributed by atoms with van der Waals surface area (Å²) in [6, 6.07) is 0. The summed E-state index contributed by atoms with van der Waals surface area (Å²) in [6.07, 6.45) is 0. The Morgan fingerprint density at radius 2 is 2.07 bits per heavy atom. The molecule has 1 saturated heterocycles. The molecule has 0 aromatic rings. The Hall–Kier alpha value is -0.130. The van der Waals surface area contributed by atoms with Crippen molar-refractivity contribution in [2.24, 2.45) is 0 Å². The number of ether oxygens (including phenoxy) is 2. The number of esters is 1. The molecule has 5 heteroatoms. The molecule has 1 aliphatic rings. The van der Waals surface area contributed by atoms with Crippen LogP contribution in [0, 0.1) is 0 Å². The lowest BCUT2D eigenvalue weighted by atomic mass is 10.2. The predicted octanol–water partition coefficient (Wildman–Crippen LogP) is -0.382. The third kappa shape index (κ3) is 4.95. The molecule has 1 aliphatic heterocycles. The van der Waals surface area contributed by atoms with Crippen molar-refractivity contribution in [3.63, 3.8) is 0 Å². The number of carbonyl (C=O) groups excluding carboxylic acids is 1. The lowest BCUT2D eigenvalue weighted by Crippen LogP contribution is -3.14. The van der Waals surface area contributed by atoms with Crippen LogP contribution in [0.25, 0.3) is 0 Å². The number of hydrogen-bond acceptors (Lipinski definition) is 3. The number of quaternary nitrogens is 1. The zero-order chi connectivity index (χ0) is 11.3. The Kier molecular flexibility index (Phi) is 5.02. The van der Waals surface area contributed by atoms with E-state index < -0.39 is 4.32 Å². The largest absolute Gasteiger partial charge is 0.459 e.